The number of hydrogen-bond donors (Lipinski definition) is 2. The maximum absolute atomic E-state index is 4.72. The highest BCUT2D eigenvalue weighted by Gasteiger charge is 2.29. The van der Waals surface area contributed by atoms with Crippen LogP contribution in [0.15, 0.2) is 40.7 Å². The average molecular weight is 502 g/mol. The van der Waals surface area contributed by atoms with E-state index in [2.05, 4.69) is 53.8 Å². The van der Waals surface area contributed by atoms with Gasteiger partial charge in [-0.25, -0.2) is 9.98 Å². The number of aromatic nitrogens is 1. The minimum Gasteiger partial charge on any atom is -0.357 e. The molecule has 1 aliphatic heterocycles. The van der Waals surface area contributed by atoms with E-state index in [9.17, 15) is 0 Å². The van der Waals surface area contributed by atoms with E-state index in [4.69, 9.17) is 9.98 Å². The summed E-state index contributed by atoms with van der Waals surface area (Å²) in [5, 5.41) is 9.99. The molecule has 1 aromatic heterocycles. The number of hydrogen-bond acceptors (Lipinski definition) is 4. The van der Waals surface area contributed by atoms with Gasteiger partial charge < -0.3 is 10.6 Å². The highest BCUT2D eigenvalue weighted by atomic mass is 127. The van der Waals surface area contributed by atoms with Crippen molar-refractivity contribution in [3.63, 3.8) is 0 Å². The van der Waals surface area contributed by atoms with Crippen molar-refractivity contribution in [1.29, 1.82) is 0 Å². The van der Waals surface area contributed by atoms with E-state index in [1.165, 1.54) is 18.6 Å². The second-order valence-corrected chi connectivity index (χ2v) is 9.07. The fourth-order valence-corrected chi connectivity index (χ4v) is 4.83. The molecule has 0 saturated carbocycles. The molecule has 1 aromatic carbocycles. The van der Waals surface area contributed by atoms with E-state index >= 15 is 0 Å². The van der Waals surface area contributed by atoms with Crippen LogP contribution in [0.4, 0.5) is 0 Å². The number of nitrogens with zero attached hydrogens (tertiary/aromatic N) is 2. The smallest absolute Gasteiger partial charge is 0.191 e. The van der Waals surface area contributed by atoms with Crippen LogP contribution in [0.3, 0.4) is 0 Å². The second-order valence-electron chi connectivity index (χ2n) is 6.44. The molecule has 7 heteroatoms. The zero-order valence-electron chi connectivity index (χ0n) is 15.3. The number of nitrogens with one attached hydrogen (secondary N) is 2. The van der Waals surface area contributed by atoms with Gasteiger partial charge in [0.1, 0.15) is 5.01 Å². The Balaban J connectivity index is 0.00000243. The largest absolute Gasteiger partial charge is 0.357 e. The van der Waals surface area contributed by atoms with E-state index in [0.29, 0.717) is 11.3 Å². The maximum atomic E-state index is 4.72. The Morgan fingerprint density at radius 2 is 2.08 bits per heavy atom. The standard InChI is InChI=1S/C19H26N4S2.HI/c1-3-20-18(22-14-19(2)10-7-11-25-19)21-12-17-23-16(13-24-17)15-8-5-4-6-9-15;/h4-6,8-9,13H,3,7,10-12,14H2,1-2H3,(H2,20,21,22);1H. The van der Waals surface area contributed by atoms with Gasteiger partial charge in [-0.05, 0) is 32.4 Å². The lowest BCUT2D eigenvalue weighted by Gasteiger charge is -2.24. The minimum absolute atomic E-state index is 0. The number of thiazole rings is 1. The number of rotatable bonds is 6. The summed E-state index contributed by atoms with van der Waals surface area (Å²) in [7, 11) is 0. The average Bonchev–Trinajstić information content (AvgIpc) is 3.28. The highest BCUT2D eigenvalue weighted by molar-refractivity contribution is 14.0. The van der Waals surface area contributed by atoms with Crippen molar-refractivity contribution >= 4 is 53.0 Å². The lowest BCUT2D eigenvalue weighted by molar-refractivity contribution is 0.584. The first kappa shape index (κ1) is 21.5. The van der Waals surface area contributed by atoms with Crippen LogP contribution in [0.5, 0.6) is 0 Å². The molecule has 0 spiro atoms. The molecule has 1 atom stereocenters. The predicted octanol–water partition coefficient (Wildman–Crippen LogP) is 4.77. The second kappa shape index (κ2) is 10.5. The predicted molar refractivity (Wildman–Crippen MR) is 126 cm³/mol. The molecule has 0 bridgehead atoms. The Hall–Kier alpha value is -0.800. The molecule has 2 aromatic rings. The zero-order valence-corrected chi connectivity index (χ0v) is 19.3. The fourth-order valence-electron chi connectivity index (χ4n) is 2.86. The van der Waals surface area contributed by atoms with Crippen LogP contribution >= 0.6 is 47.1 Å². The molecule has 2 N–H and O–H groups in total. The number of benzene rings is 1. The molecule has 26 heavy (non-hydrogen) atoms. The third kappa shape index (κ3) is 6.13. The van der Waals surface area contributed by atoms with E-state index < -0.39 is 0 Å². The summed E-state index contributed by atoms with van der Waals surface area (Å²) in [4.78, 5) is 9.43. The van der Waals surface area contributed by atoms with E-state index in [0.717, 1.165) is 35.3 Å². The van der Waals surface area contributed by atoms with Crippen LogP contribution in [0.1, 0.15) is 31.7 Å². The fraction of sp³-hybridized carbons (Fsp3) is 0.474. The normalized spacial score (nSPS) is 19.8. The molecular formula is C19H27IN4S2. The van der Waals surface area contributed by atoms with Gasteiger partial charge in [-0.3, -0.25) is 0 Å². The van der Waals surface area contributed by atoms with Crippen LogP contribution in [-0.2, 0) is 6.54 Å². The van der Waals surface area contributed by atoms with Crippen molar-refractivity contribution in [2.75, 3.05) is 18.8 Å². The Labute approximate surface area is 181 Å². The lowest BCUT2D eigenvalue weighted by atomic mass is 10.1. The SMILES string of the molecule is CCNC(=NCc1nc(-c2ccccc2)cs1)NCC1(C)CCCS1.I. The Morgan fingerprint density at radius 1 is 1.27 bits per heavy atom. The number of thioether (sulfide) groups is 1. The van der Waals surface area contributed by atoms with Crippen molar-refractivity contribution in [3.05, 3.63) is 40.7 Å². The summed E-state index contributed by atoms with van der Waals surface area (Å²) >= 11 is 3.73. The molecule has 4 nitrogen and oxygen atoms in total. The van der Waals surface area contributed by atoms with Crippen LogP contribution in [-0.4, -0.2) is 34.5 Å². The van der Waals surface area contributed by atoms with Crippen LogP contribution in [0.25, 0.3) is 11.3 Å². The summed E-state index contributed by atoms with van der Waals surface area (Å²) < 4.78 is 0.331. The molecule has 3 rings (SSSR count). The van der Waals surface area contributed by atoms with Gasteiger partial charge in [-0.1, -0.05) is 30.3 Å². The first-order valence-electron chi connectivity index (χ1n) is 8.84. The van der Waals surface area contributed by atoms with Gasteiger partial charge in [0.25, 0.3) is 0 Å². The lowest BCUT2D eigenvalue weighted by Crippen LogP contribution is -2.43. The Morgan fingerprint density at radius 3 is 2.77 bits per heavy atom. The van der Waals surface area contributed by atoms with Crippen molar-refractivity contribution in [2.24, 2.45) is 4.99 Å². The van der Waals surface area contributed by atoms with Crippen LogP contribution in [0.2, 0.25) is 0 Å². The van der Waals surface area contributed by atoms with Crippen molar-refractivity contribution in [1.82, 2.24) is 15.6 Å². The third-order valence-corrected chi connectivity index (χ3v) is 6.64. The van der Waals surface area contributed by atoms with E-state index in [1.807, 2.05) is 18.2 Å². The van der Waals surface area contributed by atoms with Gasteiger partial charge in [0, 0.05) is 28.8 Å². The Kier molecular flexibility index (Phi) is 8.69. The molecule has 1 aliphatic rings. The first-order chi connectivity index (χ1) is 12.2. The summed E-state index contributed by atoms with van der Waals surface area (Å²) in [5.41, 5.74) is 2.19. The molecule has 1 fully saturated rings. The quantitative estimate of drug-likeness (QED) is 0.340. The zero-order chi connectivity index (χ0) is 17.5. The van der Waals surface area contributed by atoms with Gasteiger partial charge in [-0.15, -0.1) is 35.3 Å². The molecular weight excluding hydrogens is 475 g/mol. The van der Waals surface area contributed by atoms with Gasteiger partial charge in [-0.2, -0.15) is 11.8 Å². The van der Waals surface area contributed by atoms with Crippen molar-refractivity contribution in [3.8, 4) is 11.3 Å². The molecule has 142 valence electrons. The maximum Gasteiger partial charge on any atom is 0.191 e. The highest BCUT2D eigenvalue weighted by Crippen LogP contribution is 2.36. The van der Waals surface area contributed by atoms with Crippen molar-refractivity contribution in [2.45, 2.75) is 38.0 Å². The third-order valence-electron chi connectivity index (χ3n) is 4.27. The minimum atomic E-state index is 0. The molecule has 0 radical (unpaired) electrons. The van der Waals surface area contributed by atoms with E-state index in [-0.39, 0.29) is 24.0 Å². The van der Waals surface area contributed by atoms with Gasteiger partial charge in [0.2, 0.25) is 0 Å². The summed E-state index contributed by atoms with van der Waals surface area (Å²) in [6, 6.07) is 10.3. The monoisotopic (exact) mass is 502 g/mol. The number of guanidine groups is 1. The molecule has 1 unspecified atom stereocenters. The van der Waals surface area contributed by atoms with Crippen LogP contribution < -0.4 is 10.6 Å². The Bertz CT molecular complexity index is 697. The first-order valence-corrected chi connectivity index (χ1v) is 10.7. The summed E-state index contributed by atoms with van der Waals surface area (Å²) in [5.74, 6) is 2.15. The molecule has 0 aliphatic carbocycles. The van der Waals surface area contributed by atoms with E-state index in [1.54, 1.807) is 11.3 Å². The molecule has 0 amide bonds. The van der Waals surface area contributed by atoms with Crippen LogP contribution in [0, 0.1) is 0 Å². The van der Waals surface area contributed by atoms with Crippen molar-refractivity contribution < 1.29 is 0 Å². The van der Waals surface area contributed by atoms with Gasteiger partial charge in [0.05, 0.1) is 12.2 Å². The summed E-state index contributed by atoms with van der Waals surface area (Å²) in [6.07, 6.45) is 2.59. The van der Waals surface area contributed by atoms with Gasteiger partial charge >= 0.3 is 0 Å². The molecule has 1 saturated heterocycles. The summed E-state index contributed by atoms with van der Waals surface area (Å²) in [6.45, 7) is 6.87. The topological polar surface area (TPSA) is 49.3 Å². The van der Waals surface area contributed by atoms with Gasteiger partial charge in [0.15, 0.2) is 5.96 Å². The number of aliphatic imine (C=N–C) groups is 1. The molecule has 2 heterocycles. The number of halogens is 1.